The Hall–Kier alpha value is -4.45. The number of aliphatic imine (C=N–C) groups is 1. The maximum absolute atomic E-state index is 13.1. The molecule has 2 heterocycles. The SMILES string of the molecule is CC1NC(=O)C(N)CNC(=O)C([C@H]2CCNC(N)=N2)NC(=O)/C(=C/NC(N)=O)NC(=O)C(CN)NC1=O. The monoisotopic (exact) mass is 524 g/mol. The Morgan fingerprint density at radius 2 is 1.76 bits per heavy atom. The molecular weight excluding hydrogens is 492 g/mol. The number of hydrogen-bond acceptors (Lipinski definition) is 11. The Bertz CT molecular complexity index is 998. The van der Waals surface area contributed by atoms with Gasteiger partial charge < -0.3 is 60.2 Å². The normalized spacial score (nSPS) is 29.5. The number of carbonyl (C=O) groups is 6. The van der Waals surface area contributed by atoms with E-state index < -0.39 is 71.5 Å². The van der Waals surface area contributed by atoms with Gasteiger partial charge in [-0.3, -0.25) is 24.0 Å². The summed E-state index contributed by atoms with van der Waals surface area (Å²) in [5.74, 6) is -4.19. The van der Waals surface area contributed by atoms with Gasteiger partial charge in [-0.05, 0) is 13.3 Å². The van der Waals surface area contributed by atoms with Crippen LogP contribution in [0.4, 0.5) is 4.79 Å². The van der Waals surface area contributed by atoms with Crippen LogP contribution < -0.4 is 60.2 Å². The van der Waals surface area contributed by atoms with Crippen molar-refractivity contribution in [2.24, 2.45) is 27.9 Å². The van der Waals surface area contributed by atoms with Crippen molar-refractivity contribution in [1.82, 2.24) is 37.2 Å². The molecule has 2 aliphatic heterocycles. The lowest BCUT2D eigenvalue weighted by molar-refractivity contribution is -0.132. The summed E-state index contributed by atoms with van der Waals surface area (Å²) in [7, 11) is 0. The largest absolute Gasteiger partial charge is 0.370 e. The van der Waals surface area contributed by atoms with E-state index in [4.69, 9.17) is 22.9 Å². The third-order valence-corrected chi connectivity index (χ3v) is 5.32. The Morgan fingerprint density at radius 3 is 2.38 bits per heavy atom. The van der Waals surface area contributed by atoms with Gasteiger partial charge in [-0.25, -0.2) is 9.79 Å². The molecule has 0 radical (unpaired) electrons. The second-order valence-electron chi connectivity index (χ2n) is 8.18. The Kier molecular flexibility index (Phi) is 10.1. The number of hydrogen-bond donors (Lipinski definition) is 11. The van der Waals surface area contributed by atoms with E-state index in [0.717, 1.165) is 6.20 Å². The van der Waals surface area contributed by atoms with Gasteiger partial charge in [-0.15, -0.1) is 0 Å². The third-order valence-electron chi connectivity index (χ3n) is 5.32. The molecule has 18 nitrogen and oxygen atoms in total. The molecular formula is C19H32N12O6. The predicted molar refractivity (Wildman–Crippen MR) is 128 cm³/mol. The van der Waals surface area contributed by atoms with Crippen molar-refractivity contribution in [1.29, 1.82) is 0 Å². The van der Waals surface area contributed by atoms with Gasteiger partial charge in [0.05, 0.1) is 6.04 Å². The van der Waals surface area contributed by atoms with Gasteiger partial charge in [0.1, 0.15) is 29.9 Å². The maximum atomic E-state index is 13.1. The van der Waals surface area contributed by atoms with E-state index in [1.54, 1.807) is 0 Å². The number of carbonyl (C=O) groups excluding carboxylic acids is 6. The fourth-order valence-corrected chi connectivity index (χ4v) is 3.28. The van der Waals surface area contributed by atoms with E-state index in [-0.39, 0.29) is 25.5 Å². The summed E-state index contributed by atoms with van der Waals surface area (Å²) >= 11 is 0. The quantitative estimate of drug-likeness (QED) is 0.155. The van der Waals surface area contributed by atoms with Gasteiger partial charge in [0.2, 0.25) is 23.6 Å². The zero-order chi connectivity index (χ0) is 27.7. The van der Waals surface area contributed by atoms with Crippen molar-refractivity contribution in [3.63, 3.8) is 0 Å². The molecule has 15 N–H and O–H groups in total. The van der Waals surface area contributed by atoms with E-state index in [2.05, 4.69) is 42.2 Å². The lowest BCUT2D eigenvalue weighted by Crippen LogP contribution is -2.61. The van der Waals surface area contributed by atoms with E-state index >= 15 is 0 Å². The molecule has 2 aliphatic rings. The maximum Gasteiger partial charge on any atom is 0.316 e. The fraction of sp³-hybridized carbons (Fsp3) is 0.526. The van der Waals surface area contributed by atoms with Gasteiger partial charge in [-0.2, -0.15) is 0 Å². The van der Waals surface area contributed by atoms with Crippen molar-refractivity contribution >= 4 is 41.5 Å². The fourth-order valence-electron chi connectivity index (χ4n) is 3.28. The minimum absolute atomic E-state index is 0.0384. The van der Waals surface area contributed by atoms with Crippen LogP contribution in [0.15, 0.2) is 16.9 Å². The highest BCUT2D eigenvalue weighted by atomic mass is 16.2. The van der Waals surface area contributed by atoms with Gasteiger partial charge >= 0.3 is 6.03 Å². The average Bonchev–Trinajstić information content (AvgIpc) is 2.85. The Balaban J connectivity index is 2.45. The topological polar surface area (TPSA) is 303 Å². The molecule has 0 aliphatic carbocycles. The van der Waals surface area contributed by atoms with Crippen LogP contribution in [0.3, 0.4) is 0 Å². The molecule has 204 valence electrons. The highest BCUT2D eigenvalue weighted by Crippen LogP contribution is 2.09. The number of amides is 7. The van der Waals surface area contributed by atoms with Crippen molar-refractivity contribution in [2.75, 3.05) is 19.6 Å². The number of primary amides is 1. The van der Waals surface area contributed by atoms with Crippen LogP contribution in [0.5, 0.6) is 0 Å². The average molecular weight is 525 g/mol. The molecule has 0 aromatic carbocycles. The van der Waals surface area contributed by atoms with Gasteiger partial charge in [0.15, 0.2) is 5.96 Å². The lowest BCUT2D eigenvalue weighted by Gasteiger charge is -2.29. The van der Waals surface area contributed by atoms with Crippen molar-refractivity contribution in [3.8, 4) is 0 Å². The summed E-state index contributed by atoms with van der Waals surface area (Å²) in [6, 6.07) is -6.92. The second-order valence-corrected chi connectivity index (χ2v) is 8.18. The van der Waals surface area contributed by atoms with Crippen LogP contribution in [0.2, 0.25) is 0 Å². The van der Waals surface area contributed by atoms with Crippen LogP contribution in [-0.4, -0.2) is 91.4 Å². The van der Waals surface area contributed by atoms with E-state index in [9.17, 15) is 28.8 Å². The van der Waals surface area contributed by atoms with E-state index in [0.29, 0.717) is 6.54 Å². The Morgan fingerprint density at radius 1 is 1.05 bits per heavy atom. The summed E-state index contributed by atoms with van der Waals surface area (Å²) in [5.41, 5.74) is 21.7. The molecule has 1 fully saturated rings. The first-order valence-electron chi connectivity index (χ1n) is 11.2. The predicted octanol–water partition coefficient (Wildman–Crippen LogP) is -6.82. The summed E-state index contributed by atoms with van der Waals surface area (Å²) in [4.78, 5) is 79.2. The molecule has 2 rings (SSSR count). The first-order chi connectivity index (χ1) is 17.4. The molecule has 0 aromatic rings. The molecule has 4 unspecified atom stereocenters. The van der Waals surface area contributed by atoms with Gasteiger partial charge in [0, 0.05) is 25.8 Å². The van der Waals surface area contributed by atoms with E-state index in [1.165, 1.54) is 6.92 Å². The van der Waals surface area contributed by atoms with Crippen molar-refractivity contribution < 1.29 is 28.8 Å². The number of nitrogens with zero attached hydrogens (tertiary/aromatic N) is 1. The smallest absolute Gasteiger partial charge is 0.316 e. The third kappa shape index (κ3) is 8.32. The molecule has 1 saturated heterocycles. The lowest BCUT2D eigenvalue weighted by atomic mass is 10.0. The van der Waals surface area contributed by atoms with E-state index in [1.807, 2.05) is 0 Å². The minimum atomic E-state index is -1.34. The molecule has 0 aromatic heterocycles. The number of urea groups is 1. The number of rotatable bonds is 3. The number of nitrogens with two attached hydrogens (primary N) is 4. The molecule has 18 heteroatoms. The van der Waals surface area contributed by atoms with Crippen LogP contribution >= 0.6 is 0 Å². The standard InChI is InChI=1S/C19H32N12O6/c1-7-13(32)28-10(4-20)15(34)29-11(6-26-19(23)37)16(35)31-12(9-2-3-24-18(22)30-9)17(36)25-5-8(21)14(33)27-7/h6-10,12H,2-5,20-21H2,1H3,(H,25,36)(H,27,33)(H,28,32)(H,29,34)(H,31,35)(H3,22,24,30)(H3,23,26,37)/b11-6-/t7?,8?,9-,10?,12?/m1/s1. The summed E-state index contributed by atoms with van der Waals surface area (Å²) in [6.45, 7) is 0.964. The molecule has 0 spiro atoms. The van der Waals surface area contributed by atoms with Gasteiger partial charge in [0.25, 0.3) is 5.91 Å². The molecule has 0 saturated carbocycles. The highest BCUT2D eigenvalue weighted by Gasteiger charge is 2.34. The summed E-state index contributed by atoms with van der Waals surface area (Å²) in [5, 5.41) is 16.7. The van der Waals surface area contributed by atoms with Crippen LogP contribution in [0, 0.1) is 0 Å². The molecule has 0 bridgehead atoms. The molecule has 5 atom stereocenters. The first-order valence-corrected chi connectivity index (χ1v) is 11.2. The highest BCUT2D eigenvalue weighted by molar-refractivity contribution is 6.02. The van der Waals surface area contributed by atoms with Gasteiger partial charge in [-0.1, -0.05) is 0 Å². The summed E-state index contributed by atoms with van der Waals surface area (Å²) < 4.78 is 0. The summed E-state index contributed by atoms with van der Waals surface area (Å²) in [6.07, 6.45) is 1.09. The minimum Gasteiger partial charge on any atom is -0.370 e. The Labute approximate surface area is 211 Å². The van der Waals surface area contributed by atoms with Crippen LogP contribution in [-0.2, 0) is 24.0 Å². The van der Waals surface area contributed by atoms with Crippen LogP contribution in [0.25, 0.3) is 0 Å². The molecule has 7 amide bonds. The second kappa shape index (κ2) is 13.0. The zero-order valence-corrected chi connectivity index (χ0v) is 20.0. The van der Waals surface area contributed by atoms with Crippen LogP contribution in [0.1, 0.15) is 13.3 Å². The zero-order valence-electron chi connectivity index (χ0n) is 20.0. The molecule has 37 heavy (non-hydrogen) atoms. The number of nitrogens with one attached hydrogen (secondary N) is 7. The van der Waals surface area contributed by atoms with Crippen molar-refractivity contribution in [2.45, 2.75) is 43.6 Å². The number of guanidine groups is 1. The van der Waals surface area contributed by atoms with Crippen molar-refractivity contribution in [3.05, 3.63) is 11.9 Å². The first kappa shape index (κ1) is 28.8.